The van der Waals surface area contributed by atoms with Gasteiger partial charge in [0.2, 0.25) is 0 Å². The summed E-state index contributed by atoms with van der Waals surface area (Å²) in [7, 11) is -1.33. The quantitative estimate of drug-likeness (QED) is 0.445. The molecule has 7 heavy (non-hydrogen) atoms. The van der Waals surface area contributed by atoms with E-state index in [0.717, 1.165) is 0 Å². The van der Waals surface area contributed by atoms with E-state index in [1.165, 1.54) is 0 Å². The lowest BCUT2D eigenvalue weighted by Crippen LogP contribution is -2.15. The lowest BCUT2D eigenvalue weighted by Gasteiger charge is -1.96. The molecule has 1 nitrogen and oxygen atoms in total. The van der Waals surface area contributed by atoms with Gasteiger partial charge in [-0.05, 0) is 0 Å². The maximum absolute atomic E-state index is 8.21. The first-order valence-corrected chi connectivity index (χ1v) is 5.47. The van der Waals surface area contributed by atoms with Crippen molar-refractivity contribution in [1.29, 1.82) is 5.26 Å². The standard InChI is InChI=1S/C4H9NSi.Si/c1-6(2,3)4-5;/h1-3H3;. The second kappa shape index (κ2) is 3.00. The highest BCUT2D eigenvalue weighted by Gasteiger charge is 2.09. The van der Waals surface area contributed by atoms with Gasteiger partial charge in [-0.15, -0.1) is 0 Å². The molecule has 38 valence electrons. The maximum Gasteiger partial charge on any atom is 0.164 e. The molecular formula is C4H9NSi2. The van der Waals surface area contributed by atoms with Crippen molar-refractivity contribution in [3.05, 3.63) is 0 Å². The summed E-state index contributed by atoms with van der Waals surface area (Å²) in [5.41, 5.74) is 2.24. The topological polar surface area (TPSA) is 23.8 Å². The van der Waals surface area contributed by atoms with Crippen LogP contribution in [0.1, 0.15) is 0 Å². The summed E-state index contributed by atoms with van der Waals surface area (Å²) < 4.78 is 0. The predicted octanol–water partition coefficient (Wildman–Crippen LogP) is 1.01. The van der Waals surface area contributed by atoms with Gasteiger partial charge in [-0.2, -0.15) is 0 Å². The third-order valence-corrected chi connectivity index (χ3v) is 1.01. The molecule has 0 aliphatic carbocycles. The summed E-state index contributed by atoms with van der Waals surface area (Å²) in [6, 6.07) is 0. The van der Waals surface area contributed by atoms with E-state index in [2.05, 4.69) is 5.69 Å². The van der Waals surface area contributed by atoms with Crippen LogP contribution in [0.25, 0.3) is 0 Å². The number of nitrogens with zero attached hydrogens (tertiary/aromatic N) is 1. The highest BCUT2D eigenvalue weighted by molar-refractivity contribution is 6.83. The second-order valence-corrected chi connectivity index (χ2v) is 7.09. The van der Waals surface area contributed by atoms with Crippen molar-refractivity contribution in [3.63, 3.8) is 0 Å². The van der Waals surface area contributed by atoms with E-state index in [9.17, 15) is 0 Å². The van der Waals surface area contributed by atoms with Gasteiger partial charge in [-0.1, -0.05) is 19.6 Å². The van der Waals surface area contributed by atoms with Gasteiger partial charge in [0, 0.05) is 16.7 Å². The molecule has 0 aliphatic rings. The average Bonchev–Trinajstić information content (AvgIpc) is 1.35. The summed E-state index contributed by atoms with van der Waals surface area (Å²) in [5, 5.41) is 8.21. The Morgan fingerprint density at radius 3 is 1.43 bits per heavy atom. The summed E-state index contributed by atoms with van der Waals surface area (Å²) >= 11 is 0. The van der Waals surface area contributed by atoms with Crippen molar-refractivity contribution >= 4 is 19.0 Å². The van der Waals surface area contributed by atoms with E-state index in [-0.39, 0.29) is 11.0 Å². The molecule has 0 fully saturated rings. The highest BCUT2D eigenvalue weighted by Crippen LogP contribution is 1.94. The lowest BCUT2D eigenvalue weighted by atomic mass is 11.7. The number of rotatable bonds is 0. The molecule has 0 heterocycles. The third-order valence-electron chi connectivity index (χ3n) is 0.335. The van der Waals surface area contributed by atoms with Crippen LogP contribution in [0.2, 0.25) is 19.6 Å². The zero-order valence-corrected chi connectivity index (χ0v) is 6.95. The second-order valence-electron chi connectivity index (χ2n) is 2.36. The van der Waals surface area contributed by atoms with E-state index in [1.807, 2.05) is 19.6 Å². The Hall–Kier alpha value is -0.0762. The van der Waals surface area contributed by atoms with E-state index in [0.29, 0.717) is 0 Å². The zero-order chi connectivity index (χ0) is 5.21. The first-order chi connectivity index (χ1) is 2.56. The predicted molar refractivity (Wildman–Crippen MR) is 34.7 cm³/mol. The SMILES string of the molecule is C[Si](C)(C)C#N.[Si]. The molecule has 0 aromatic rings. The van der Waals surface area contributed by atoms with Crippen molar-refractivity contribution in [2.75, 3.05) is 0 Å². The molecule has 0 aromatic carbocycles. The third kappa shape index (κ3) is 10.7. The van der Waals surface area contributed by atoms with Crippen molar-refractivity contribution in [3.8, 4) is 5.69 Å². The van der Waals surface area contributed by atoms with Gasteiger partial charge in [0.25, 0.3) is 0 Å². The Bertz CT molecular complexity index is 76.7. The molecule has 4 radical (unpaired) electrons. The Morgan fingerprint density at radius 2 is 1.43 bits per heavy atom. The molecule has 0 N–H and O–H groups in total. The van der Waals surface area contributed by atoms with Crippen LogP contribution in [0.4, 0.5) is 0 Å². The minimum atomic E-state index is -1.33. The van der Waals surface area contributed by atoms with Crippen molar-refractivity contribution in [1.82, 2.24) is 0 Å². The van der Waals surface area contributed by atoms with Crippen LogP contribution in [-0.2, 0) is 0 Å². The lowest BCUT2D eigenvalue weighted by molar-refractivity contribution is 1.53. The Balaban J connectivity index is 0. The monoisotopic (exact) mass is 127 g/mol. The van der Waals surface area contributed by atoms with Gasteiger partial charge >= 0.3 is 0 Å². The fraction of sp³-hybridized carbons (Fsp3) is 0.750. The smallest absolute Gasteiger partial charge is 0.164 e. The minimum Gasteiger partial charge on any atom is -0.207 e. The van der Waals surface area contributed by atoms with Crippen LogP contribution < -0.4 is 0 Å². The molecule has 0 saturated carbocycles. The summed E-state index contributed by atoms with van der Waals surface area (Å²) in [4.78, 5) is 0. The van der Waals surface area contributed by atoms with E-state index in [4.69, 9.17) is 5.26 Å². The Kier molecular flexibility index (Phi) is 4.29. The molecule has 0 rings (SSSR count). The van der Waals surface area contributed by atoms with Gasteiger partial charge in [0.1, 0.15) is 0 Å². The van der Waals surface area contributed by atoms with Crippen LogP contribution in [0, 0.1) is 11.0 Å². The van der Waals surface area contributed by atoms with Crippen LogP contribution in [0.15, 0.2) is 0 Å². The molecule has 0 aliphatic heterocycles. The maximum atomic E-state index is 8.21. The molecule has 3 heteroatoms. The number of hydrogen-bond acceptors (Lipinski definition) is 1. The first kappa shape index (κ1) is 10.0. The van der Waals surface area contributed by atoms with Gasteiger partial charge in [-0.25, -0.2) is 5.26 Å². The highest BCUT2D eigenvalue weighted by atomic mass is 28.3. The Labute approximate surface area is 50.4 Å². The van der Waals surface area contributed by atoms with Gasteiger partial charge < -0.3 is 0 Å². The van der Waals surface area contributed by atoms with E-state index < -0.39 is 8.07 Å². The van der Waals surface area contributed by atoms with Crippen LogP contribution in [0.3, 0.4) is 0 Å². The van der Waals surface area contributed by atoms with Crippen LogP contribution in [-0.4, -0.2) is 19.0 Å². The van der Waals surface area contributed by atoms with Crippen molar-refractivity contribution in [2.24, 2.45) is 0 Å². The molecule has 0 aromatic heterocycles. The van der Waals surface area contributed by atoms with Gasteiger partial charge in [0.15, 0.2) is 8.07 Å². The number of nitriles is 1. The van der Waals surface area contributed by atoms with Crippen molar-refractivity contribution in [2.45, 2.75) is 19.6 Å². The van der Waals surface area contributed by atoms with E-state index in [1.54, 1.807) is 0 Å². The fourth-order valence-electron chi connectivity index (χ4n) is 0. The summed E-state index contributed by atoms with van der Waals surface area (Å²) in [5.74, 6) is 0. The van der Waals surface area contributed by atoms with E-state index >= 15 is 0 Å². The summed E-state index contributed by atoms with van der Waals surface area (Å²) in [6.45, 7) is 6.06. The average molecular weight is 127 g/mol. The number of hydrogen-bond donors (Lipinski definition) is 0. The fourth-order valence-corrected chi connectivity index (χ4v) is 0. The Morgan fingerprint density at radius 1 is 1.29 bits per heavy atom. The molecule has 0 unspecified atom stereocenters. The first-order valence-electron chi connectivity index (χ1n) is 1.97. The molecule has 0 amide bonds. The largest absolute Gasteiger partial charge is 0.207 e. The van der Waals surface area contributed by atoms with Gasteiger partial charge in [-0.3, -0.25) is 0 Å². The molecule has 0 bridgehead atoms. The van der Waals surface area contributed by atoms with Crippen LogP contribution in [0.5, 0.6) is 0 Å². The van der Waals surface area contributed by atoms with Crippen LogP contribution >= 0.6 is 0 Å². The molecule has 0 spiro atoms. The molecular weight excluding hydrogens is 118 g/mol. The summed E-state index contributed by atoms with van der Waals surface area (Å²) in [6.07, 6.45) is 0. The van der Waals surface area contributed by atoms with Gasteiger partial charge in [0.05, 0.1) is 0 Å². The molecule has 0 saturated heterocycles. The normalized spacial score (nSPS) is 8.86. The van der Waals surface area contributed by atoms with Crippen molar-refractivity contribution < 1.29 is 0 Å². The molecule has 0 atom stereocenters. The zero-order valence-electron chi connectivity index (χ0n) is 4.95. The minimum absolute atomic E-state index is 0.